The van der Waals surface area contributed by atoms with Gasteiger partial charge in [-0.25, -0.2) is 0 Å². The molecule has 0 heterocycles. The number of benzene rings is 1. The van der Waals surface area contributed by atoms with E-state index in [1.807, 2.05) is 31.2 Å². The highest BCUT2D eigenvalue weighted by molar-refractivity contribution is 7.85. The third kappa shape index (κ3) is 4.10. The van der Waals surface area contributed by atoms with Crippen molar-refractivity contribution in [3.8, 4) is 0 Å². The average Bonchev–Trinajstić information content (AvgIpc) is 2.27. The van der Waals surface area contributed by atoms with E-state index in [-0.39, 0.29) is 0 Å². The lowest BCUT2D eigenvalue weighted by atomic mass is 9.96. The third-order valence-corrected chi connectivity index (χ3v) is 4.35. The number of hydrogen-bond acceptors (Lipinski definition) is 2. The van der Waals surface area contributed by atoms with Gasteiger partial charge in [-0.1, -0.05) is 24.3 Å². The summed E-state index contributed by atoms with van der Waals surface area (Å²) in [5, 5.41) is 10.00. The van der Waals surface area contributed by atoms with E-state index < -0.39 is 16.4 Å². The highest BCUT2D eigenvalue weighted by atomic mass is 32.2. The van der Waals surface area contributed by atoms with Gasteiger partial charge in [-0.2, -0.15) is 0 Å². The molecule has 0 saturated carbocycles. The summed E-state index contributed by atoms with van der Waals surface area (Å²) in [6.07, 6.45) is 0.461. The number of aliphatic hydroxyl groups is 1. The van der Waals surface area contributed by atoms with Crippen molar-refractivity contribution in [1.29, 1.82) is 0 Å². The van der Waals surface area contributed by atoms with Crippen molar-refractivity contribution in [2.75, 3.05) is 5.75 Å². The molecule has 0 amide bonds. The standard InChI is InChI=1S/C14H20O2S/c1-11(2)14(4,15)9-10-17(16)13-7-5-12(3)6-8-13/h5-8,15H,1,9-10H2,2-4H3/t14-,17?/m1/s1. The van der Waals surface area contributed by atoms with Crippen molar-refractivity contribution in [2.45, 2.75) is 37.7 Å². The Morgan fingerprint density at radius 1 is 1.41 bits per heavy atom. The Labute approximate surface area is 106 Å². The van der Waals surface area contributed by atoms with Crippen LogP contribution in [0.2, 0.25) is 0 Å². The highest BCUT2D eigenvalue weighted by Crippen LogP contribution is 2.20. The minimum Gasteiger partial charge on any atom is -0.386 e. The van der Waals surface area contributed by atoms with Crippen LogP contribution in [0.3, 0.4) is 0 Å². The topological polar surface area (TPSA) is 37.3 Å². The van der Waals surface area contributed by atoms with Crippen LogP contribution in [0.5, 0.6) is 0 Å². The monoisotopic (exact) mass is 252 g/mol. The van der Waals surface area contributed by atoms with Gasteiger partial charge in [0.1, 0.15) is 0 Å². The Morgan fingerprint density at radius 2 is 1.94 bits per heavy atom. The van der Waals surface area contributed by atoms with Crippen LogP contribution in [0.25, 0.3) is 0 Å². The van der Waals surface area contributed by atoms with E-state index in [0.717, 1.165) is 10.5 Å². The maximum absolute atomic E-state index is 12.0. The summed E-state index contributed by atoms with van der Waals surface area (Å²) in [7, 11) is -1.06. The molecule has 1 N–H and O–H groups in total. The zero-order valence-corrected chi connectivity index (χ0v) is 11.5. The van der Waals surface area contributed by atoms with Crippen molar-refractivity contribution >= 4 is 10.8 Å². The van der Waals surface area contributed by atoms with Crippen LogP contribution in [-0.4, -0.2) is 20.7 Å². The molecule has 94 valence electrons. The Hall–Kier alpha value is -0.930. The molecule has 0 saturated heterocycles. The van der Waals surface area contributed by atoms with Crippen LogP contribution < -0.4 is 0 Å². The van der Waals surface area contributed by atoms with E-state index in [1.54, 1.807) is 13.8 Å². The Kier molecular flexibility index (Phi) is 4.66. The van der Waals surface area contributed by atoms with Crippen LogP contribution in [0, 0.1) is 6.92 Å². The normalized spacial score (nSPS) is 16.2. The lowest BCUT2D eigenvalue weighted by Gasteiger charge is -2.23. The fraction of sp³-hybridized carbons (Fsp3) is 0.429. The van der Waals surface area contributed by atoms with Crippen molar-refractivity contribution in [2.24, 2.45) is 0 Å². The zero-order valence-electron chi connectivity index (χ0n) is 10.7. The molecule has 2 nitrogen and oxygen atoms in total. The van der Waals surface area contributed by atoms with Gasteiger partial charge >= 0.3 is 0 Å². The summed E-state index contributed by atoms with van der Waals surface area (Å²) in [6.45, 7) is 9.24. The molecule has 3 heteroatoms. The first kappa shape index (κ1) is 14.1. The van der Waals surface area contributed by atoms with Crippen molar-refractivity contribution < 1.29 is 9.32 Å². The Balaban J connectivity index is 2.62. The zero-order chi connectivity index (χ0) is 13.1. The molecule has 1 aromatic rings. The smallest absolute Gasteiger partial charge is 0.0832 e. The van der Waals surface area contributed by atoms with Crippen LogP contribution in [0.4, 0.5) is 0 Å². The largest absolute Gasteiger partial charge is 0.386 e. The fourth-order valence-electron chi connectivity index (χ4n) is 1.31. The molecule has 0 fully saturated rings. The number of hydrogen-bond donors (Lipinski definition) is 1. The van der Waals surface area contributed by atoms with Crippen molar-refractivity contribution in [3.05, 3.63) is 42.0 Å². The van der Waals surface area contributed by atoms with Crippen LogP contribution in [0.15, 0.2) is 41.3 Å². The molecule has 0 aliphatic rings. The second-order valence-corrected chi connectivity index (χ2v) is 6.24. The quantitative estimate of drug-likeness (QED) is 0.818. The van der Waals surface area contributed by atoms with E-state index in [4.69, 9.17) is 0 Å². The molecule has 2 atom stereocenters. The maximum atomic E-state index is 12.0. The molecule has 0 bridgehead atoms. The third-order valence-electron chi connectivity index (χ3n) is 2.98. The van der Waals surface area contributed by atoms with E-state index >= 15 is 0 Å². The van der Waals surface area contributed by atoms with Gasteiger partial charge in [0, 0.05) is 10.6 Å². The van der Waals surface area contributed by atoms with E-state index in [0.29, 0.717) is 17.7 Å². The first-order valence-corrected chi connectivity index (χ1v) is 6.98. The SMILES string of the molecule is C=C(C)[C@](C)(O)CCS(=O)c1ccc(C)cc1. The van der Waals surface area contributed by atoms with Gasteiger partial charge in [0.15, 0.2) is 0 Å². The van der Waals surface area contributed by atoms with Gasteiger partial charge in [-0.15, -0.1) is 0 Å². The lowest BCUT2D eigenvalue weighted by molar-refractivity contribution is 0.0961. The first-order valence-electron chi connectivity index (χ1n) is 5.66. The summed E-state index contributed by atoms with van der Waals surface area (Å²) in [6, 6.07) is 7.65. The van der Waals surface area contributed by atoms with Gasteiger partial charge in [0.25, 0.3) is 0 Å². The minimum absolute atomic E-state index is 0.447. The van der Waals surface area contributed by atoms with Crippen LogP contribution in [-0.2, 0) is 10.8 Å². The summed E-state index contributed by atoms with van der Waals surface area (Å²) in [5.74, 6) is 0.447. The van der Waals surface area contributed by atoms with Crippen LogP contribution >= 0.6 is 0 Å². The molecule has 0 aliphatic heterocycles. The van der Waals surface area contributed by atoms with Crippen molar-refractivity contribution in [1.82, 2.24) is 0 Å². The summed E-state index contributed by atoms with van der Waals surface area (Å²) in [5.41, 5.74) is 0.929. The first-order chi connectivity index (χ1) is 7.83. The predicted octanol–water partition coefficient (Wildman–Crippen LogP) is 2.82. The second-order valence-electron chi connectivity index (χ2n) is 4.67. The average molecular weight is 252 g/mol. The Bertz CT molecular complexity index is 418. The maximum Gasteiger partial charge on any atom is 0.0832 e. The predicted molar refractivity (Wildman–Crippen MR) is 72.5 cm³/mol. The van der Waals surface area contributed by atoms with Gasteiger partial charge in [0.05, 0.1) is 16.4 Å². The molecule has 1 aromatic carbocycles. The molecule has 17 heavy (non-hydrogen) atoms. The second kappa shape index (κ2) is 5.61. The molecule has 0 aliphatic carbocycles. The van der Waals surface area contributed by atoms with E-state index in [1.165, 1.54) is 0 Å². The highest BCUT2D eigenvalue weighted by Gasteiger charge is 2.22. The summed E-state index contributed by atoms with van der Waals surface area (Å²) in [4.78, 5) is 0.813. The fourth-order valence-corrected chi connectivity index (χ4v) is 2.57. The molecule has 1 rings (SSSR count). The van der Waals surface area contributed by atoms with Crippen molar-refractivity contribution in [3.63, 3.8) is 0 Å². The molecular weight excluding hydrogens is 232 g/mol. The molecule has 1 unspecified atom stereocenters. The van der Waals surface area contributed by atoms with E-state index in [9.17, 15) is 9.32 Å². The molecule has 0 aromatic heterocycles. The van der Waals surface area contributed by atoms with Gasteiger partial charge < -0.3 is 5.11 Å². The Morgan fingerprint density at radius 3 is 2.41 bits per heavy atom. The molecule has 0 radical (unpaired) electrons. The minimum atomic E-state index is -1.06. The van der Waals surface area contributed by atoms with E-state index in [2.05, 4.69) is 6.58 Å². The molecular formula is C14H20O2S. The van der Waals surface area contributed by atoms with Gasteiger partial charge in [0.2, 0.25) is 0 Å². The number of rotatable bonds is 5. The van der Waals surface area contributed by atoms with Crippen LogP contribution in [0.1, 0.15) is 25.8 Å². The summed E-state index contributed by atoms with van der Waals surface area (Å²) < 4.78 is 12.0. The van der Waals surface area contributed by atoms with Gasteiger partial charge in [-0.3, -0.25) is 4.21 Å². The lowest BCUT2D eigenvalue weighted by Crippen LogP contribution is -2.27. The summed E-state index contributed by atoms with van der Waals surface area (Å²) >= 11 is 0. The number of aryl methyl sites for hydroxylation is 1. The molecule has 0 spiro atoms. The van der Waals surface area contributed by atoms with Gasteiger partial charge in [-0.05, 0) is 44.9 Å².